The van der Waals surface area contributed by atoms with E-state index in [4.69, 9.17) is 5.73 Å². The molecule has 1 unspecified atom stereocenters. The van der Waals surface area contributed by atoms with Crippen LogP contribution in [0.15, 0.2) is 12.1 Å². The number of hydrogen-bond acceptors (Lipinski definition) is 3. The van der Waals surface area contributed by atoms with E-state index in [9.17, 15) is 4.79 Å². The summed E-state index contributed by atoms with van der Waals surface area (Å²) in [5, 5.41) is 4.34. The van der Waals surface area contributed by atoms with Crippen LogP contribution in [-0.4, -0.2) is 30.0 Å². The van der Waals surface area contributed by atoms with Gasteiger partial charge in [-0.05, 0) is 44.9 Å². The summed E-state index contributed by atoms with van der Waals surface area (Å²) in [5.74, 6) is 2.47. The second-order valence-electron chi connectivity index (χ2n) is 6.07. The van der Waals surface area contributed by atoms with Crippen LogP contribution in [0.5, 0.6) is 0 Å². The van der Waals surface area contributed by atoms with Gasteiger partial charge in [-0.25, -0.2) is 0 Å². The molecule has 1 aliphatic heterocycles. The molecule has 1 aromatic heterocycles. The molecule has 1 aliphatic rings. The fourth-order valence-electron chi connectivity index (χ4n) is 3.31. The van der Waals surface area contributed by atoms with Crippen molar-refractivity contribution in [3.63, 3.8) is 0 Å². The van der Waals surface area contributed by atoms with Crippen LogP contribution in [-0.2, 0) is 0 Å². The van der Waals surface area contributed by atoms with E-state index in [0.717, 1.165) is 41.8 Å². The average Bonchev–Trinajstić information content (AvgIpc) is 3.10. The summed E-state index contributed by atoms with van der Waals surface area (Å²) in [7, 11) is 0. The number of nitrogens with one attached hydrogen (secondary N) is 2. The zero-order chi connectivity index (χ0) is 16.6. The number of nitrogens with two attached hydrogens (primary N) is 1. The maximum Gasteiger partial charge on any atom is 0.250 e. The van der Waals surface area contributed by atoms with E-state index in [0.29, 0.717) is 11.6 Å². The van der Waals surface area contributed by atoms with Gasteiger partial charge in [0, 0.05) is 35.9 Å². The molecule has 0 bridgehead atoms. The second-order valence-corrected chi connectivity index (χ2v) is 6.07. The van der Waals surface area contributed by atoms with Crippen LogP contribution in [0.25, 0.3) is 10.9 Å². The van der Waals surface area contributed by atoms with Crippen LogP contribution < -0.4 is 16.0 Å². The lowest BCUT2D eigenvalue weighted by molar-refractivity contribution is 0.100. The van der Waals surface area contributed by atoms with E-state index in [1.54, 1.807) is 0 Å². The number of benzene rings is 1. The lowest BCUT2D eigenvalue weighted by atomic mass is 10.1. The van der Waals surface area contributed by atoms with Crippen molar-refractivity contribution < 1.29 is 4.79 Å². The number of primary amides is 1. The first-order valence-corrected chi connectivity index (χ1v) is 7.86. The van der Waals surface area contributed by atoms with Crippen molar-refractivity contribution in [3.05, 3.63) is 29.0 Å². The van der Waals surface area contributed by atoms with Gasteiger partial charge < -0.3 is 20.9 Å². The predicted octanol–water partition coefficient (Wildman–Crippen LogP) is 2.03. The molecule has 5 heteroatoms. The molecular formula is C18H22N4O. The molecular weight excluding hydrogens is 288 g/mol. The third-order valence-electron chi connectivity index (χ3n) is 4.63. The number of nitrogens with zero attached hydrogens (tertiary/aromatic N) is 1. The molecule has 1 atom stereocenters. The first kappa shape index (κ1) is 15.3. The predicted molar refractivity (Wildman–Crippen MR) is 93.5 cm³/mol. The fourth-order valence-corrected chi connectivity index (χ4v) is 3.31. The maximum atomic E-state index is 11.7. The molecule has 1 fully saturated rings. The highest BCUT2D eigenvalue weighted by Gasteiger charge is 2.25. The van der Waals surface area contributed by atoms with Gasteiger partial charge in [0.25, 0.3) is 5.91 Å². The minimum Gasteiger partial charge on any atom is -0.369 e. The van der Waals surface area contributed by atoms with Crippen molar-refractivity contribution in [1.29, 1.82) is 0 Å². The highest BCUT2D eigenvalue weighted by Crippen LogP contribution is 2.35. The van der Waals surface area contributed by atoms with Gasteiger partial charge in [-0.15, -0.1) is 0 Å². The Balaban J connectivity index is 2.03. The zero-order valence-corrected chi connectivity index (χ0v) is 13.8. The Labute approximate surface area is 136 Å². The highest BCUT2D eigenvalue weighted by molar-refractivity contribution is 6.10. The first-order chi connectivity index (χ1) is 11.0. The van der Waals surface area contributed by atoms with Gasteiger partial charge in [0.1, 0.15) is 0 Å². The number of carbonyl (C=O) groups excluding carboxylic acids is 1. The number of rotatable bonds is 3. The highest BCUT2D eigenvalue weighted by atomic mass is 16.1. The van der Waals surface area contributed by atoms with Crippen molar-refractivity contribution in [2.45, 2.75) is 33.2 Å². The summed E-state index contributed by atoms with van der Waals surface area (Å²) in [6, 6.07) is 7.15. The third-order valence-corrected chi connectivity index (χ3v) is 4.63. The van der Waals surface area contributed by atoms with Crippen LogP contribution in [0.3, 0.4) is 0 Å². The Morgan fingerprint density at radius 1 is 1.43 bits per heavy atom. The summed E-state index contributed by atoms with van der Waals surface area (Å²) in [6.07, 6.45) is 1.05. The molecule has 0 radical (unpaired) electrons. The number of carbonyl (C=O) groups is 1. The Kier molecular flexibility index (Phi) is 3.91. The molecule has 5 nitrogen and oxygen atoms in total. The molecule has 120 valence electrons. The van der Waals surface area contributed by atoms with Crippen molar-refractivity contribution in [2.24, 2.45) is 5.73 Å². The lowest BCUT2D eigenvalue weighted by Crippen LogP contribution is -2.29. The Hall–Kier alpha value is -2.61. The SMILES string of the molecule is CC#CNC1CCN(c2ccc(C(N)=O)c3[nH]c(C)c(C)c23)C1. The molecule has 2 heterocycles. The molecule has 0 spiro atoms. The van der Waals surface area contributed by atoms with Gasteiger partial charge in [0.05, 0.1) is 17.1 Å². The van der Waals surface area contributed by atoms with E-state index >= 15 is 0 Å². The number of aryl methyl sites for hydroxylation is 2. The molecule has 1 amide bonds. The van der Waals surface area contributed by atoms with Crippen LogP contribution >= 0.6 is 0 Å². The number of aromatic amines is 1. The third kappa shape index (κ3) is 2.61. The van der Waals surface area contributed by atoms with E-state index in [2.05, 4.69) is 34.1 Å². The Bertz CT molecular complexity index is 825. The molecule has 4 N–H and O–H groups in total. The van der Waals surface area contributed by atoms with Gasteiger partial charge in [-0.2, -0.15) is 0 Å². The van der Waals surface area contributed by atoms with Gasteiger partial charge in [0.2, 0.25) is 0 Å². The Morgan fingerprint density at radius 2 is 2.22 bits per heavy atom. The van der Waals surface area contributed by atoms with Gasteiger partial charge in [0.15, 0.2) is 0 Å². The van der Waals surface area contributed by atoms with E-state index in [1.807, 2.05) is 26.0 Å². The largest absolute Gasteiger partial charge is 0.369 e. The minimum atomic E-state index is -0.401. The molecule has 1 aromatic carbocycles. The number of hydrogen-bond donors (Lipinski definition) is 3. The average molecular weight is 310 g/mol. The van der Waals surface area contributed by atoms with Gasteiger partial charge >= 0.3 is 0 Å². The number of aromatic nitrogens is 1. The normalized spacial score (nSPS) is 17.2. The van der Waals surface area contributed by atoms with Crippen molar-refractivity contribution >= 4 is 22.5 Å². The van der Waals surface area contributed by atoms with Gasteiger partial charge in [-0.1, -0.05) is 5.92 Å². The monoisotopic (exact) mass is 310 g/mol. The summed E-state index contributed by atoms with van der Waals surface area (Å²) < 4.78 is 0. The molecule has 3 rings (SSSR count). The standard InChI is InChI=1S/C18H22N4O/c1-4-8-20-13-7-9-22(10-13)15-6-5-14(18(19)23)17-16(15)11(2)12(3)21-17/h5-6,13,20-21H,7,9-10H2,1-3H3,(H2,19,23). The fraction of sp³-hybridized carbons (Fsp3) is 0.389. The summed E-state index contributed by atoms with van der Waals surface area (Å²) >= 11 is 0. The zero-order valence-electron chi connectivity index (χ0n) is 13.8. The smallest absolute Gasteiger partial charge is 0.250 e. The molecule has 1 saturated heterocycles. The second kappa shape index (κ2) is 5.88. The van der Waals surface area contributed by atoms with E-state index in [1.165, 1.54) is 5.56 Å². The topological polar surface area (TPSA) is 74.2 Å². The van der Waals surface area contributed by atoms with Crippen LogP contribution in [0, 0.1) is 25.8 Å². The van der Waals surface area contributed by atoms with Crippen LogP contribution in [0.1, 0.15) is 35.0 Å². The number of H-pyrrole nitrogens is 1. The number of fused-ring (bicyclic) bond motifs is 1. The first-order valence-electron chi connectivity index (χ1n) is 7.86. The molecule has 2 aromatic rings. The van der Waals surface area contributed by atoms with Crippen LogP contribution in [0.2, 0.25) is 0 Å². The van der Waals surface area contributed by atoms with Gasteiger partial charge in [-0.3, -0.25) is 4.79 Å². The van der Waals surface area contributed by atoms with E-state index < -0.39 is 5.91 Å². The molecule has 0 aliphatic carbocycles. The Morgan fingerprint density at radius 3 is 2.91 bits per heavy atom. The quantitative estimate of drug-likeness (QED) is 0.600. The number of amides is 1. The summed E-state index contributed by atoms with van der Waals surface area (Å²) in [4.78, 5) is 17.4. The van der Waals surface area contributed by atoms with E-state index in [-0.39, 0.29) is 0 Å². The van der Waals surface area contributed by atoms with Crippen molar-refractivity contribution in [1.82, 2.24) is 10.3 Å². The maximum absolute atomic E-state index is 11.7. The molecule has 23 heavy (non-hydrogen) atoms. The van der Waals surface area contributed by atoms with Crippen molar-refractivity contribution in [3.8, 4) is 12.0 Å². The molecule has 0 saturated carbocycles. The van der Waals surface area contributed by atoms with Crippen molar-refractivity contribution in [2.75, 3.05) is 18.0 Å². The lowest BCUT2D eigenvalue weighted by Gasteiger charge is -2.21. The number of anilines is 1. The summed E-state index contributed by atoms with van der Waals surface area (Å²) in [5.41, 5.74) is 10.3. The van der Waals surface area contributed by atoms with Crippen LogP contribution in [0.4, 0.5) is 5.69 Å². The summed E-state index contributed by atoms with van der Waals surface area (Å²) in [6.45, 7) is 7.81. The minimum absolute atomic E-state index is 0.369.